The van der Waals surface area contributed by atoms with E-state index >= 15 is 0 Å². The van der Waals surface area contributed by atoms with Crippen molar-refractivity contribution in [2.45, 2.75) is 20.4 Å². The number of nitrogens with one attached hydrogen (secondary N) is 1. The van der Waals surface area contributed by atoms with Crippen LogP contribution in [0.1, 0.15) is 27.3 Å². The van der Waals surface area contributed by atoms with Gasteiger partial charge in [-0.3, -0.25) is 19.4 Å². The van der Waals surface area contributed by atoms with Gasteiger partial charge in [0.2, 0.25) is 5.91 Å². The van der Waals surface area contributed by atoms with Gasteiger partial charge in [-0.1, -0.05) is 18.2 Å². The number of aryl methyl sites for hydroxylation is 1. The third-order valence-corrected chi connectivity index (χ3v) is 5.77. The summed E-state index contributed by atoms with van der Waals surface area (Å²) in [6.07, 6.45) is 1.66. The molecule has 7 heteroatoms. The Morgan fingerprint density at radius 3 is 2.29 bits per heavy atom. The monoisotopic (exact) mass is 426 g/mol. The van der Waals surface area contributed by atoms with E-state index in [1.165, 1.54) is 12.1 Å². The molecule has 0 radical (unpaired) electrons. The van der Waals surface area contributed by atoms with Crippen LogP contribution in [0.15, 0.2) is 43.0 Å². The summed E-state index contributed by atoms with van der Waals surface area (Å²) in [5.74, 6) is -0.147. The highest BCUT2D eigenvalue weighted by Crippen LogP contribution is 2.19. The van der Waals surface area contributed by atoms with Crippen molar-refractivity contribution in [2.24, 2.45) is 0 Å². The second-order valence-corrected chi connectivity index (χ2v) is 8.07. The molecule has 1 aliphatic heterocycles. The molecule has 166 valence electrons. The van der Waals surface area contributed by atoms with Crippen LogP contribution < -0.4 is 5.32 Å². The van der Waals surface area contributed by atoms with Crippen LogP contribution in [0, 0.1) is 19.7 Å². The number of piperazine rings is 1. The number of hydrogen-bond acceptors (Lipinski definition) is 4. The fourth-order valence-corrected chi connectivity index (χ4v) is 3.94. The molecule has 0 bridgehead atoms. The normalized spacial score (nSPS) is 15.1. The Balaban J connectivity index is 1.55. The fourth-order valence-electron chi connectivity index (χ4n) is 3.94. The molecule has 0 saturated carbocycles. The minimum atomic E-state index is -0.252. The summed E-state index contributed by atoms with van der Waals surface area (Å²) in [7, 11) is 0. The van der Waals surface area contributed by atoms with Crippen molar-refractivity contribution >= 4 is 11.7 Å². The molecule has 1 amide bonds. The quantitative estimate of drug-likeness (QED) is 0.494. The first-order valence-electron chi connectivity index (χ1n) is 10.6. The van der Waals surface area contributed by atoms with Gasteiger partial charge in [-0.05, 0) is 37.6 Å². The van der Waals surface area contributed by atoms with Crippen LogP contribution in [-0.4, -0.2) is 71.9 Å². The number of ketones is 1. The first-order chi connectivity index (χ1) is 14.9. The summed E-state index contributed by atoms with van der Waals surface area (Å²) in [6, 6.07) is 8.40. The van der Waals surface area contributed by atoms with Gasteiger partial charge in [0.25, 0.3) is 0 Å². The summed E-state index contributed by atoms with van der Waals surface area (Å²) >= 11 is 0. The first-order valence-corrected chi connectivity index (χ1v) is 10.6. The lowest BCUT2D eigenvalue weighted by Gasteiger charge is -2.33. The molecule has 0 unspecified atom stereocenters. The second-order valence-electron chi connectivity index (χ2n) is 8.07. The summed E-state index contributed by atoms with van der Waals surface area (Å²) in [4.78, 5) is 29.1. The lowest BCUT2D eigenvalue weighted by Crippen LogP contribution is -2.50. The van der Waals surface area contributed by atoms with E-state index in [1.807, 2.05) is 19.9 Å². The third kappa shape index (κ3) is 6.12. The van der Waals surface area contributed by atoms with Gasteiger partial charge >= 0.3 is 0 Å². The molecule has 0 aliphatic carbocycles. The summed E-state index contributed by atoms with van der Waals surface area (Å²) in [5.41, 5.74) is 3.69. The van der Waals surface area contributed by atoms with Crippen molar-refractivity contribution in [3.05, 3.63) is 71.3 Å². The largest absolute Gasteiger partial charge is 0.352 e. The van der Waals surface area contributed by atoms with Crippen LogP contribution in [0.25, 0.3) is 0 Å². The molecule has 1 aromatic heterocycles. The van der Waals surface area contributed by atoms with Gasteiger partial charge in [-0.2, -0.15) is 0 Å². The predicted octanol–water partition coefficient (Wildman–Crippen LogP) is 2.39. The predicted molar refractivity (Wildman–Crippen MR) is 120 cm³/mol. The van der Waals surface area contributed by atoms with Gasteiger partial charge in [0.1, 0.15) is 5.82 Å². The third-order valence-electron chi connectivity index (χ3n) is 5.77. The van der Waals surface area contributed by atoms with Gasteiger partial charge in [-0.25, -0.2) is 4.39 Å². The van der Waals surface area contributed by atoms with Crippen LogP contribution in [0.5, 0.6) is 0 Å². The number of carbonyl (C=O) groups excluding carboxylic acids is 2. The smallest absolute Gasteiger partial charge is 0.234 e. The number of benzene rings is 1. The van der Waals surface area contributed by atoms with E-state index in [4.69, 9.17) is 0 Å². The number of nitrogens with zero attached hydrogens (tertiary/aromatic N) is 3. The second kappa shape index (κ2) is 10.5. The zero-order valence-corrected chi connectivity index (χ0v) is 18.4. The molecule has 31 heavy (non-hydrogen) atoms. The summed E-state index contributed by atoms with van der Waals surface area (Å²) in [6.45, 7) is 12.4. The molecular formula is C24H31FN4O2. The molecule has 2 heterocycles. The molecule has 0 atom stereocenters. The average molecular weight is 427 g/mol. The maximum atomic E-state index is 13.2. The standard InChI is InChI=1S/C24H31FN4O2/c1-4-9-26-24(31)17-28-12-10-27(11-13-28)16-23(30)22-14-18(2)29(19(22)3)15-20-5-7-21(25)8-6-20/h4-8,14H,1,9-13,15-17H2,2-3H3,(H,26,31). The van der Waals surface area contributed by atoms with Crippen LogP contribution in [0.3, 0.4) is 0 Å². The van der Waals surface area contributed by atoms with E-state index in [0.29, 0.717) is 26.2 Å². The van der Waals surface area contributed by atoms with Crippen molar-refractivity contribution in [3.63, 3.8) is 0 Å². The van der Waals surface area contributed by atoms with Gasteiger partial charge in [0.15, 0.2) is 5.78 Å². The highest BCUT2D eigenvalue weighted by Gasteiger charge is 2.23. The molecule has 0 spiro atoms. The average Bonchev–Trinajstić information content (AvgIpc) is 3.03. The van der Waals surface area contributed by atoms with Gasteiger partial charge < -0.3 is 9.88 Å². The number of carbonyl (C=O) groups is 2. The summed E-state index contributed by atoms with van der Waals surface area (Å²) in [5, 5.41) is 2.79. The number of rotatable bonds is 9. The number of halogens is 1. The van der Waals surface area contributed by atoms with Crippen molar-refractivity contribution in [1.29, 1.82) is 0 Å². The number of aromatic nitrogens is 1. The fraction of sp³-hybridized carbons (Fsp3) is 0.417. The number of Topliss-reactive ketones (excluding diaryl/α,β-unsaturated/α-hetero) is 1. The zero-order chi connectivity index (χ0) is 22.4. The van der Waals surface area contributed by atoms with Crippen molar-refractivity contribution in [2.75, 3.05) is 45.8 Å². The molecule has 2 aromatic rings. The Morgan fingerprint density at radius 2 is 1.68 bits per heavy atom. The minimum Gasteiger partial charge on any atom is -0.352 e. The van der Waals surface area contributed by atoms with E-state index in [-0.39, 0.29) is 17.5 Å². The van der Waals surface area contributed by atoms with Crippen LogP contribution in [0.4, 0.5) is 4.39 Å². The maximum Gasteiger partial charge on any atom is 0.234 e. The molecule has 1 saturated heterocycles. The molecule has 1 aromatic carbocycles. The lowest BCUT2D eigenvalue weighted by atomic mass is 10.1. The SMILES string of the molecule is C=CCNC(=O)CN1CCN(CC(=O)c2cc(C)n(Cc3ccc(F)cc3)c2C)CC1. The van der Waals surface area contributed by atoms with Gasteiger partial charge in [0.05, 0.1) is 13.1 Å². The lowest BCUT2D eigenvalue weighted by molar-refractivity contribution is -0.122. The Hall–Kier alpha value is -2.77. The van der Waals surface area contributed by atoms with Gasteiger partial charge in [-0.15, -0.1) is 6.58 Å². The highest BCUT2D eigenvalue weighted by atomic mass is 19.1. The summed E-state index contributed by atoms with van der Waals surface area (Å²) < 4.78 is 15.3. The molecule has 1 fully saturated rings. The Bertz CT molecular complexity index is 928. The molecule has 1 aliphatic rings. The van der Waals surface area contributed by atoms with Crippen molar-refractivity contribution < 1.29 is 14.0 Å². The topological polar surface area (TPSA) is 57.6 Å². The molecule has 3 rings (SSSR count). The van der Waals surface area contributed by atoms with E-state index in [0.717, 1.165) is 48.7 Å². The van der Waals surface area contributed by atoms with E-state index in [1.54, 1.807) is 18.2 Å². The highest BCUT2D eigenvalue weighted by molar-refractivity contribution is 5.99. The molecular weight excluding hydrogens is 395 g/mol. The Labute approximate surface area is 183 Å². The molecule has 1 N–H and O–H groups in total. The number of amides is 1. The first kappa shape index (κ1) is 22.9. The minimum absolute atomic E-state index is 0.00183. The molecule has 6 nitrogen and oxygen atoms in total. The Morgan fingerprint density at radius 1 is 1.06 bits per heavy atom. The van der Waals surface area contributed by atoms with Crippen molar-refractivity contribution in [1.82, 2.24) is 19.7 Å². The van der Waals surface area contributed by atoms with E-state index in [9.17, 15) is 14.0 Å². The number of hydrogen-bond donors (Lipinski definition) is 1. The van der Waals surface area contributed by atoms with Gasteiger partial charge in [0, 0.05) is 56.2 Å². The van der Waals surface area contributed by atoms with Crippen LogP contribution in [-0.2, 0) is 11.3 Å². The van der Waals surface area contributed by atoms with E-state index in [2.05, 4.69) is 26.3 Å². The maximum absolute atomic E-state index is 13.2. The zero-order valence-electron chi connectivity index (χ0n) is 18.4. The van der Waals surface area contributed by atoms with Crippen molar-refractivity contribution in [3.8, 4) is 0 Å². The van der Waals surface area contributed by atoms with Crippen LogP contribution >= 0.6 is 0 Å². The van der Waals surface area contributed by atoms with E-state index < -0.39 is 0 Å². The van der Waals surface area contributed by atoms with Crippen LogP contribution in [0.2, 0.25) is 0 Å². The Kier molecular flexibility index (Phi) is 7.76.